The smallest absolute Gasteiger partial charge is 0.322 e. The molecule has 0 bridgehead atoms. The van der Waals surface area contributed by atoms with E-state index in [2.05, 4.69) is 4.74 Å². The fraction of sp³-hybridized carbons (Fsp3) is 0.800. The van der Waals surface area contributed by atoms with E-state index in [1.165, 1.54) is 7.11 Å². The number of rotatable bonds is 5. The standard InChI is InChI=1S/C10H17NO6S/c1-17-9(12)5-7-18(15,16)11-6-3-2-4-8(11)10(13)14/h8H,2-7H2,1H3,(H,13,14)/t8-/m1/s1. The molecule has 1 aliphatic rings. The van der Waals surface area contributed by atoms with E-state index in [0.29, 0.717) is 19.3 Å². The zero-order chi connectivity index (χ0) is 13.8. The summed E-state index contributed by atoms with van der Waals surface area (Å²) in [5, 5.41) is 9.00. The van der Waals surface area contributed by atoms with Gasteiger partial charge in [0, 0.05) is 6.54 Å². The largest absolute Gasteiger partial charge is 0.480 e. The fourth-order valence-corrected chi connectivity index (χ4v) is 3.57. The second-order valence-corrected chi connectivity index (χ2v) is 6.14. The second kappa shape index (κ2) is 6.14. The molecule has 0 amide bonds. The maximum absolute atomic E-state index is 12.0. The highest BCUT2D eigenvalue weighted by Crippen LogP contribution is 2.21. The highest BCUT2D eigenvalue weighted by molar-refractivity contribution is 7.89. The number of hydrogen-bond donors (Lipinski definition) is 1. The van der Waals surface area contributed by atoms with Gasteiger partial charge in [-0.1, -0.05) is 0 Å². The maximum atomic E-state index is 12.0. The average Bonchev–Trinajstić information content (AvgIpc) is 2.36. The summed E-state index contributed by atoms with van der Waals surface area (Å²) in [5.74, 6) is -2.18. The average molecular weight is 279 g/mol. The number of sulfonamides is 1. The van der Waals surface area contributed by atoms with E-state index in [1.54, 1.807) is 0 Å². The van der Waals surface area contributed by atoms with E-state index >= 15 is 0 Å². The van der Waals surface area contributed by atoms with Crippen molar-refractivity contribution in [3.8, 4) is 0 Å². The van der Waals surface area contributed by atoms with Crippen LogP contribution in [0.1, 0.15) is 25.7 Å². The molecule has 1 aliphatic heterocycles. The van der Waals surface area contributed by atoms with Gasteiger partial charge in [0.15, 0.2) is 0 Å². The van der Waals surface area contributed by atoms with Crippen LogP contribution >= 0.6 is 0 Å². The first kappa shape index (κ1) is 14.9. The molecule has 0 spiro atoms. The molecule has 1 heterocycles. The Morgan fingerprint density at radius 3 is 2.61 bits per heavy atom. The summed E-state index contributed by atoms with van der Waals surface area (Å²) >= 11 is 0. The maximum Gasteiger partial charge on any atom is 0.322 e. The van der Waals surface area contributed by atoms with E-state index in [4.69, 9.17) is 5.11 Å². The van der Waals surface area contributed by atoms with Crippen molar-refractivity contribution in [3.63, 3.8) is 0 Å². The van der Waals surface area contributed by atoms with Gasteiger partial charge >= 0.3 is 11.9 Å². The molecule has 104 valence electrons. The van der Waals surface area contributed by atoms with Gasteiger partial charge in [-0.15, -0.1) is 0 Å². The van der Waals surface area contributed by atoms with Crippen molar-refractivity contribution in [2.24, 2.45) is 0 Å². The van der Waals surface area contributed by atoms with Crippen LogP contribution < -0.4 is 0 Å². The predicted molar refractivity (Wildman–Crippen MR) is 62.4 cm³/mol. The number of hydrogen-bond acceptors (Lipinski definition) is 5. The van der Waals surface area contributed by atoms with Crippen LogP contribution in [0.4, 0.5) is 0 Å². The summed E-state index contributed by atoms with van der Waals surface area (Å²) in [6, 6.07) is -1.01. The molecular weight excluding hydrogens is 262 g/mol. The van der Waals surface area contributed by atoms with Gasteiger partial charge in [0.2, 0.25) is 10.0 Å². The lowest BCUT2D eigenvalue weighted by molar-refractivity contribution is -0.142. The van der Waals surface area contributed by atoms with Crippen molar-refractivity contribution < 1.29 is 27.9 Å². The minimum atomic E-state index is -3.73. The Morgan fingerprint density at radius 2 is 2.06 bits per heavy atom. The molecule has 7 nitrogen and oxygen atoms in total. The Bertz CT molecular complexity index is 418. The van der Waals surface area contributed by atoms with Gasteiger partial charge in [-0.25, -0.2) is 8.42 Å². The zero-order valence-corrected chi connectivity index (χ0v) is 11.0. The molecule has 0 aliphatic carbocycles. The molecule has 0 saturated carbocycles. The number of carbonyl (C=O) groups is 2. The van der Waals surface area contributed by atoms with Crippen molar-refractivity contribution in [1.82, 2.24) is 4.31 Å². The van der Waals surface area contributed by atoms with Crippen LogP contribution in [0.5, 0.6) is 0 Å². The minimum absolute atomic E-state index is 0.195. The number of methoxy groups -OCH3 is 1. The molecule has 8 heteroatoms. The van der Waals surface area contributed by atoms with Gasteiger partial charge in [0.25, 0.3) is 0 Å². The van der Waals surface area contributed by atoms with Gasteiger partial charge < -0.3 is 9.84 Å². The molecule has 1 fully saturated rings. The summed E-state index contributed by atoms with van der Waals surface area (Å²) in [7, 11) is -2.55. The lowest BCUT2D eigenvalue weighted by atomic mass is 10.1. The Balaban J connectivity index is 2.75. The van der Waals surface area contributed by atoms with Gasteiger partial charge in [0.1, 0.15) is 6.04 Å². The van der Waals surface area contributed by atoms with Gasteiger partial charge in [-0.05, 0) is 19.3 Å². The van der Waals surface area contributed by atoms with Crippen LogP contribution in [0.25, 0.3) is 0 Å². The lowest BCUT2D eigenvalue weighted by Crippen LogP contribution is -2.48. The van der Waals surface area contributed by atoms with Crippen molar-refractivity contribution in [1.29, 1.82) is 0 Å². The first-order valence-corrected chi connectivity index (χ1v) is 7.28. The molecular formula is C10H17NO6S. The second-order valence-electron chi connectivity index (χ2n) is 4.10. The monoisotopic (exact) mass is 279 g/mol. The third-order valence-electron chi connectivity index (χ3n) is 2.89. The Labute approximate surface area is 106 Å². The minimum Gasteiger partial charge on any atom is -0.480 e. The van der Waals surface area contributed by atoms with E-state index in [9.17, 15) is 18.0 Å². The molecule has 0 aromatic carbocycles. The number of nitrogens with zero attached hydrogens (tertiary/aromatic N) is 1. The van der Waals surface area contributed by atoms with Crippen LogP contribution in [0.3, 0.4) is 0 Å². The summed E-state index contributed by atoms with van der Waals surface area (Å²) in [6.07, 6.45) is 1.38. The summed E-state index contributed by atoms with van der Waals surface area (Å²) in [6.45, 7) is 0.195. The Kier molecular flexibility index (Phi) is 5.09. The van der Waals surface area contributed by atoms with Crippen molar-refractivity contribution in [2.75, 3.05) is 19.4 Å². The number of carboxylic acid groups (broad SMARTS) is 1. The van der Waals surface area contributed by atoms with Crippen molar-refractivity contribution in [3.05, 3.63) is 0 Å². The van der Waals surface area contributed by atoms with Crippen LogP contribution in [0, 0.1) is 0 Å². The van der Waals surface area contributed by atoms with E-state index in [-0.39, 0.29) is 13.0 Å². The van der Waals surface area contributed by atoms with Crippen LogP contribution in [-0.4, -0.2) is 55.2 Å². The Hall–Kier alpha value is -1.15. The van der Waals surface area contributed by atoms with Crippen molar-refractivity contribution in [2.45, 2.75) is 31.7 Å². The van der Waals surface area contributed by atoms with E-state index in [1.807, 2.05) is 0 Å². The third-order valence-corrected chi connectivity index (χ3v) is 4.76. The van der Waals surface area contributed by atoms with E-state index in [0.717, 1.165) is 4.31 Å². The molecule has 1 rings (SSSR count). The molecule has 0 radical (unpaired) electrons. The number of carbonyl (C=O) groups excluding carboxylic acids is 1. The van der Waals surface area contributed by atoms with Crippen LogP contribution in [0.2, 0.25) is 0 Å². The highest BCUT2D eigenvalue weighted by Gasteiger charge is 2.36. The summed E-state index contributed by atoms with van der Waals surface area (Å²) < 4.78 is 29.3. The fourth-order valence-electron chi connectivity index (χ4n) is 1.92. The number of aliphatic carboxylic acids is 1. The quantitative estimate of drug-likeness (QED) is 0.700. The molecule has 0 unspecified atom stereocenters. The lowest BCUT2D eigenvalue weighted by Gasteiger charge is -2.31. The van der Waals surface area contributed by atoms with Gasteiger partial charge in [0.05, 0.1) is 19.3 Å². The molecule has 0 aromatic rings. The molecule has 1 saturated heterocycles. The number of ether oxygens (including phenoxy) is 1. The zero-order valence-electron chi connectivity index (χ0n) is 10.2. The van der Waals surface area contributed by atoms with Crippen molar-refractivity contribution >= 4 is 22.0 Å². The summed E-state index contributed by atoms with van der Waals surface area (Å²) in [4.78, 5) is 21.9. The molecule has 0 aromatic heterocycles. The SMILES string of the molecule is COC(=O)CCS(=O)(=O)N1CCCC[C@@H]1C(=O)O. The Morgan fingerprint density at radius 1 is 1.39 bits per heavy atom. The first-order valence-electron chi connectivity index (χ1n) is 5.67. The number of piperidine rings is 1. The van der Waals surface area contributed by atoms with E-state index < -0.39 is 33.8 Å². The third kappa shape index (κ3) is 3.67. The first-order chi connectivity index (χ1) is 8.38. The topological polar surface area (TPSA) is 101 Å². The highest BCUT2D eigenvalue weighted by atomic mass is 32.2. The van der Waals surface area contributed by atoms with Gasteiger partial charge in [-0.3, -0.25) is 9.59 Å². The normalized spacial score (nSPS) is 21.5. The van der Waals surface area contributed by atoms with Crippen LogP contribution in [-0.2, 0) is 24.3 Å². The summed E-state index contributed by atoms with van der Waals surface area (Å²) in [5.41, 5.74) is 0. The molecule has 18 heavy (non-hydrogen) atoms. The number of esters is 1. The molecule has 1 N–H and O–H groups in total. The van der Waals surface area contributed by atoms with Gasteiger partial charge in [-0.2, -0.15) is 4.31 Å². The van der Waals surface area contributed by atoms with Crippen LogP contribution in [0.15, 0.2) is 0 Å². The number of carboxylic acids is 1. The molecule has 1 atom stereocenters. The predicted octanol–water partition coefficient (Wildman–Crippen LogP) is -0.182.